The highest BCUT2D eigenvalue weighted by Crippen LogP contribution is 2.13. The van der Waals surface area contributed by atoms with Crippen LogP contribution in [0.2, 0.25) is 0 Å². The van der Waals surface area contributed by atoms with Gasteiger partial charge in [-0.2, -0.15) is 5.10 Å². The van der Waals surface area contributed by atoms with Gasteiger partial charge in [0.05, 0.1) is 6.20 Å². The summed E-state index contributed by atoms with van der Waals surface area (Å²) in [5.41, 5.74) is 8.29. The fraction of sp³-hybridized carbons (Fsp3) is 0.286. The Labute approximate surface area is 106 Å². The Morgan fingerprint density at radius 1 is 1.39 bits per heavy atom. The molecule has 1 aromatic carbocycles. The van der Waals surface area contributed by atoms with E-state index >= 15 is 0 Å². The molecule has 0 spiro atoms. The molecular weight excluding hydrogens is 226 g/mol. The van der Waals surface area contributed by atoms with Gasteiger partial charge < -0.3 is 5.73 Å². The first kappa shape index (κ1) is 12.5. The molecule has 0 aliphatic rings. The van der Waals surface area contributed by atoms with Gasteiger partial charge in [-0.25, -0.2) is 0 Å². The topological polar surface area (TPSA) is 60.9 Å². The van der Waals surface area contributed by atoms with Crippen molar-refractivity contribution in [2.45, 2.75) is 12.8 Å². The summed E-state index contributed by atoms with van der Waals surface area (Å²) in [4.78, 5) is 12.2. The van der Waals surface area contributed by atoms with E-state index in [0.29, 0.717) is 13.0 Å². The second-order valence-electron chi connectivity index (χ2n) is 4.32. The molecule has 0 aliphatic carbocycles. The number of aryl methyl sites for hydroxylation is 1. The minimum Gasteiger partial charge on any atom is -0.330 e. The van der Waals surface area contributed by atoms with Crippen LogP contribution in [0.4, 0.5) is 0 Å². The summed E-state index contributed by atoms with van der Waals surface area (Å²) in [6.45, 7) is 0.553. The molecule has 0 bridgehead atoms. The SMILES string of the molecule is Cn1cc(CC(=O)c2ccccc2CCN)cn1. The molecule has 0 radical (unpaired) electrons. The average molecular weight is 243 g/mol. The minimum atomic E-state index is 0.118. The summed E-state index contributed by atoms with van der Waals surface area (Å²) >= 11 is 0. The molecule has 1 heterocycles. The third kappa shape index (κ3) is 2.84. The molecule has 4 nitrogen and oxygen atoms in total. The number of aromatic nitrogens is 2. The molecule has 2 aromatic rings. The summed E-state index contributed by atoms with van der Waals surface area (Å²) in [5.74, 6) is 0.118. The van der Waals surface area contributed by atoms with Crippen LogP contribution in [0.5, 0.6) is 0 Å². The number of carbonyl (C=O) groups excluding carboxylic acids is 1. The standard InChI is InChI=1S/C14H17N3O/c1-17-10-11(9-16-17)8-14(18)13-5-3-2-4-12(13)6-7-15/h2-5,9-10H,6-8,15H2,1H3. The first-order chi connectivity index (χ1) is 8.70. The smallest absolute Gasteiger partial charge is 0.167 e. The van der Waals surface area contributed by atoms with Crippen molar-refractivity contribution in [2.75, 3.05) is 6.54 Å². The molecule has 0 saturated heterocycles. The molecule has 1 aromatic heterocycles. The van der Waals surface area contributed by atoms with E-state index in [1.807, 2.05) is 37.5 Å². The van der Waals surface area contributed by atoms with Crippen molar-refractivity contribution < 1.29 is 4.79 Å². The summed E-state index contributed by atoms with van der Waals surface area (Å²) in [6.07, 6.45) is 4.71. The Bertz CT molecular complexity index is 545. The van der Waals surface area contributed by atoms with E-state index in [2.05, 4.69) is 5.10 Å². The van der Waals surface area contributed by atoms with Crippen LogP contribution in [0.1, 0.15) is 21.5 Å². The van der Waals surface area contributed by atoms with Crippen LogP contribution in [-0.4, -0.2) is 22.1 Å². The lowest BCUT2D eigenvalue weighted by molar-refractivity contribution is 0.0992. The first-order valence-electron chi connectivity index (χ1n) is 5.99. The number of ketones is 1. The van der Waals surface area contributed by atoms with Gasteiger partial charge in [0.1, 0.15) is 0 Å². The van der Waals surface area contributed by atoms with E-state index in [-0.39, 0.29) is 5.78 Å². The van der Waals surface area contributed by atoms with Gasteiger partial charge in [0.2, 0.25) is 0 Å². The normalized spacial score (nSPS) is 10.6. The van der Waals surface area contributed by atoms with E-state index < -0.39 is 0 Å². The quantitative estimate of drug-likeness (QED) is 0.806. The Morgan fingerprint density at radius 2 is 2.17 bits per heavy atom. The molecule has 4 heteroatoms. The lowest BCUT2D eigenvalue weighted by atomic mass is 9.98. The maximum atomic E-state index is 12.2. The second kappa shape index (κ2) is 5.60. The Kier molecular flexibility index (Phi) is 3.89. The summed E-state index contributed by atoms with van der Waals surface area (Å²) in [6, 6.07) is 7.65. The fourth-order valence-electron chi connectivity index (χ4n) is 2.01. The maximum Gasteiger partial charge on any atom is 0.167 e. The molecule has 0 saturated carbocycles. The molecule has 0 amide bonds. The highest BCUT2D eigenvalue weighted by atomic mass is 16.1. The number of nitrogens with two attached hydrogens (primary N) is 1. The van der Waals surface area contributed by atoms with Gasteiger partial charge >= 0.3 is 0 Å². The zero-order chi connectivity index (χ0) is 13.0. The largest absolute Gasteiger partial charge is 0.330 e. The van der Waals surface area contributed by atoms with Gasteiger partial charge in [0.25, 0.3) is 0 Å². The lowest BCUT2D eigenvalue weighted by Gasteiger charge is -2.06. The van der Waals surface area contributed by atoms with E-state index in [4.69, 9.17) is 5.73 Å². The predicted molar refractivity (Wildman–Crippen MR) is 70.4 cm³/mol. The van der Waals surface area contributed by atoms with Crippen molar-refractivity contribution in [3.63, 3.8) is 0 Å². The number of hydrogen-bond acceptors (Lipinski definition) is 3. The van der Waals surface area contributed by atoms with Crippen molar-refractivity contribution in [2.24, 2.45) is 12.8 Å². The summed E-state index contributed by atoms with van der Waals surface area (Å²) < 4.78 is 1.70. The first-order valence-corrected chi connectivity index (χ1v) is 5.99. The number of hydrogen-bond donors (Lipinski definition) is 1. The second-order valence-corrected chi connectivity index (χ2v) is 4.32. The molecule has 2 rings (SSSR count). The van der Waals surface area contributed by atoms with Crippen molar-refractivity contribution in [1.82, 2.24) is 9.78 Å². The molecule has 94 valence electrons. The molecule has 2 N–H and O–H groups in total. The predicted octanol–water partition coefficient (Wildman–Crippen LogP) is 1.35. The molecule has 0 unspecified atom stereocenters. The van der Waals surface area contributed by atoms with Crippen molar-refractivity contribution in [3.8, 4) is 0 Å². The highest BCUT2D eigenvalue weighted by molar-refractivity contribution is 5.98. The lowest BCUT2D eigenvalue weighted by Crippen LogP contribution is -2.10. The van der Waals surface area contributed by atoms with E-state index in [1.54, 1.807) is 10.9 Å². The number of carbonyl (C=O) groups is 1. The van der Waals surface area contributed by atoms with Crippen molar-refractivity contribution in [1.29, 1.82) is 0 Å². The number of benzene rings is 1. The molecule has 18 heavy (non-hydrogen) atoms. The van der Waals surface area contributed by atoms with E-state index in [9.17, 15) is 4.79 Å². The van der Waals surface area contributed by atoms with E-state index in [1.165, 1.54) is 0 Å². The summed E-state index contributed by atoms with van der Waals surface area (Å²) in [5, 5.41) is 4.07. The highest BCUT2D eigenvalue weighted by Gasteiger charge is 2.11. The van der Waals surface area contributed by atoms with Crippen LogP contribution in [0, 0.1) is 0 Å². The van der Waals surface area contributed by atoms with E-state index in [0.717, 1.165) is 23.1 Å². The average Bonchev–Trinajstić information content (AvgIpc) is 2.76. The Morgan fingerprint density at radius 3 is 2.83 bits per heavy atom. The van der Waals surface area contributed by atoms with Crippen LogP contribution in [0.15, 0.2) is 36.7 Å². The summed E-state index contributed by atoms with van der Waals surface area (Å²) in [7, 11) is 1.84. The molecule has 0 atom stereocenters. The molecule has 0 aliphatic heterocycles. The zero-order valence-corrected chi connectivity index (χ0v) is 10.5. The van der Waals surface area contributed by atoms with Gasteiger partial charge in [-0.15, -0.1) is 0 Å². The van der Waals surface area contributed by atoms with Crippen LogP contribution in [0.3, 0.4) is 0 Å². The van der Waals surface area contributed by atoms with Gasteiger partial charge in [-0.05, 0) is 24.1 Å². The number of rotatable bonds is 5. The van der Waals surface area contributed by atoms with Crippen LogP contribution >= 0.6 is 0 Å². The maximum absolute atomic E-state index is 12.2. The number of Topliss-reactive ketones (excluding diaryl/α,β-unsaturated/α-hetero) is 1. The Hall–Kier alpha value is -1.94. The van der Waals surface area contributed by atoms with Gasteiger partial charge in [0.15, 0.2) is 5.78 Å². The van der Waals surface area contributed by atoms with Crippen LogP contribution in [-0.2, 0) is 19.9 Å². The number of nitrogens with zero attached hydrogens (tertiary/aromatic N) is 2. The minimum absolute atomic E-state index is 0.118. The van der Waals surface area contributed by atoms with Crippen LogP contribution < -0.4 is 5.73 Å². The van der Waals surface area contributed by atoms with Gasteiger partial charge in [-0.1, -0.05) is 24.3 Å². The van der Waals surface area contributed by atoms with Crippen LogP contribution in [0.25, 0.3) is 0 Å². The third-order valence-electron chi connectivity index (χ3n) is 2.85. The monoisotopic (exact) mass is 243 g/mol. The Balaban J connectivity index is 2.18. The molecular formula is C14H17N3O. The molecule has 0 fully saturated rings. The third-order valence-corrected chi connectivity index (χ3v) is 2.85. The fourth-order valence-corrected chi connectivity index (χ4v) is 2.01. The van der Waals surface area contributed by atoms with Crippen molar-refractivity contribution in [3.05, 3.63) is 53.3 Å². The van der Waals surface area contributed by atoms with Crippen molar-refractivity contribution >= 4 is 5.78 Å². The van der Waals surface area contributed by atoms with Gasteiger partial charge in [0, 0.05) is 25.2 Å². The zero-order valence-electron chi connectivity index (χ0n) is 10.5. The van der Waals surface area contributed by atoms with Gasteiger partial charge in [-0.3, -0.25) is 9.48 Å².